The van der Waals surface area contributed by atoms with Crippen molar-refractivity contribution in [1.29, 1.82) is 0 Å². The number of rotatable bonds is 3. The number of hydrogen-bond acceptors (Lipinski definition) is 3. The smallest absolute Gasteiger partial charge is 0.0478 e. The van der Waals surface area contributed by atoms with Crippen molar-refractivity contribution in [3.8, 4) is 0 Å². The average molecular weight is 223 g/mol. The number of fused-ring (bicyclic) bond motifs is 2. The van der Waals surface area contributed by atoms with Crippen molar-refractivity contribution in [3.05, 3.63) is 0 Å². The summed E-state index contributed by atoms with van der Waals surface area (Å²) in [6.45, 7) is 3.27. The van der Waals surface area contributed by atoms with Gasteiger partial charge in [0.1, 0.15) is 0 Å². The highest BCUT2D eigenvalue weighted by molar-refractivity contribution is 5.06. The van der Waals surface area contributed by atoms with E-state index in [1.54, 1.807) is 0 Å². The number of hydrazine groups is 1. The third-order valence-electron chi connectivity index (χ3n) is 5.08. The first-order valence-electron chi connectivity index (χ1n) is 7.05. The predicted octanol–water partition coefficient (Wildman–Crippen LogP) is 1.49. The first-order chi connectivity index (χ1) is 7.82. The largest absolute Gasteiger partial charge is 0.329 e. The van der Waals surface area contributed by atoms with Gasteiger partial charge in [0.05, 0.1) is 0 Å². The number of nitrogens with zero attached hydrogens (tertiary/aromatic N) is 1. The van der Waals surface area contributed by atoms with Gasteiger partial charge in [-0.25, -0.2) is 10.4 Å². The predicted molar refractivity (Wildman–Crippen MR) is 65.8 cm³/mol. The van der Waals surface area contributed by atoms with Crippen LogP contribution in [-0.4, -0.2) is 30.2 Å². The van der Waals surface area contributed by atoms with Crippen molar-refractivity contribution < 1.29 is 0 Å². The van der Waals surface area contributed by atoms with Gasteiger partial charge < -0.3 is 5.73 Å². The van der Waals surface area contributed by atoms with E-state index in [0.29, 0.717) is 0 Å². The summed E-state index contributed by atoms with van der Waals surface area (Å²) in [5.41, 5.74) is 10.2. The minimum absolute atomic E-state index is 0.264. The van der Waals surface area contributed by atoms with Gasteiger partial charge in [-0.2, -0.15) is 0 Å². The fraction of sp³-hybridized carbons (Fsp3) is 1.00. The lowest BCUT2D eigenvalue weighted by Gasteiger charge is -2.43. The molecular weight excluding hydrogens is 198 g/mol. The molecule has 0 aromatic rings. The van der Waals surface area contributed by atoms with Crippen LogP contribution in [0, 0.1) is 11.8 Å². The molecule has 1 aliphatic heterocycles. The number of piperidine rings is 1. The monoisotopic (exact) mass is 223 g/mol. The Labute approximate surface area is 98.7 Å². The molecule has 0 aromatic heterocycles. The maximum atomic E-state index is 6.08. The average Bonchev–Trinajstić information content (AvgIpc) is 2.91. The maximum Gasteiger partial charge on any atom is 0.0478 e. The van der Waals surface area contributed by atoms with Crippen molar-refractivity contribution in [1.82, 2.24) is 10.4 Å². The van der Waals surface area contributed by atoms with Gasteiger partial charge in [0.15, 0.2) is 0 Å². The standard InChI is InChI=1S/C13H25N3/c14-10-13(9-11-4-5-12(13)8-11)15-16-6-2-1-3-7-16/h11-12,15H,1-10,14H2. The molecule has 92 valence electrons. The summed E-state index contributed by atoms with van der Waals surface area (Å²) >= 11 is 0. The second-order valence-corrected chi connectivity index (χ2v) is 6.10. The zero-order valence-corrected chi connectivity index (χ0v) is 10.3. The fourth-order valence-electron chi connectivity index (χ4n) is 4.20. The van der Waals surface area contributed by atoms with Crippen molar-refractivity contribution in [2.24, 2.45) is 17.6 Å². The van der Waals surface area contributed by atoms with Crippen LogP contribution in [0.3, 0.4) is 0 Å². The minimum Gasteiger partial charge on any atom is -0.329 e. The summed E-state index contributed by atoms with van der Waals surface area (Å²) in [7, 11) is 0. The molecule has 3 atom stereocenters. The zero-order valence-electron chi connectivity index (χ0n) is 10.3. The molecule has 0 aromatic carbocycles. The van der Waals surface area contributed by atoms with E-state index in [1.165, 1.54) is 58.0 Å². The second kappa shape index (κ2) is 4.28. The topological polar surface area (TPSA) is 41.3 Å². The maximum absolute atomic E-state index is 6.08. The summed E-state index contributed by atoms with van der Waals surface area (Å²) in [4.78, 5) is 0. The van der Waals surface area contributed by atoms with Crippen LogP contribution in [-0.2, 0) is 0 Å². The highest BCUT2D eigenvalue weighted by Gasteiger charge is 2.50. The first-order valence-corrected chi connectivity index (χ1v) is 7.05. The summed E-state index contributed by atoms with van der Waals surface area (Å²) < 4.78 is 0. The molecule has 2 bridgehead atoms. The molecule has 0 spiro atoms. The number of nitrogens with two attached hydrogens (primary N) is 1. The quantitative estimate of drug-likeness (QED) is 0.762. The number of hydrogen-bond donors (Lipinski definition) is 2. The molecule has 0 radical (unpaired) electrons. The molecule has 1 saturated heterocycles. The van der Waals surface area contributed by atoms with Gasteiger partial charge in [0.2, 0.25) is 0 Å². The van der Waals surface area contributed by atoms with E-state index in [9.17, 15) is 0 Å². The van der Waals surface area contributed by atoms with Crippen LogP contribution < -0.4 is 11.2 Å². The fourth-order valence-corrected chi connectivity index (χ4v) is 4.20. The van der Waals surface area contributed by atoms with Crippen molar-refractivity contribution in [2.75, 3.05) is 19.6 Å². The Hall–Kier alpha value is -0.120. The summed E-state index contributed by atoms with van der Waals surface area (Å²) in [5, 5.41) is 2.46. The summed E-state index contributed by atoms with van der Waals surface area (Å²) in [5.74, 6) is 1.82. The van der Waals surface area contributed by atoms with E-state index in [1.807, 2.05) is 0 Å². The molecule has 3 nitrogen and oxygen atoms in total. The molecule has 3 heteroatoms. The van der Waals surface area contributed by atoms with Crippen molar-refractivity contribution in [3.63, 3.8) is 0 Å². The third-order valence-corrected chi connectivity index (χ3v) is 5.08. The van der Waals surface area contributed by atoms with Gasteiger partial charge in [0.25, 0.3) is 0 Å². The number of nitrogens with one attached hydrogen (secondary N) is 1. The van der Waals surface area contributed by atoms with Crippen LogP contribution in [0.2, 0.25) is 0 Å². The normalized spacial score (nSPS) is 44.1. The third kappa shape index (κ3) is 1.79. The van der Waals surface area contributed by atoms with E-state index in [0.717, 1.165) is 18.4 Å². The van der Waals surface area contributed by atoms with Gasteiger partial charge in [0, 0.05) is 25.2 Å². The van der Waals surface area contributed by atoms with Gasteiger partial charge in [-0.05, 0) is 43.9 Å². The van der Waals surface area contributed by atoms with Crippen LogP contribution in [0.15, 0.2) is 0 Å². The summed E-state index contributed by atoms with van der Waals surface area (Å²) in [6, 6.07) is 0. The van der Waals surface area contributed by atoms with Crippen molar-refractivity contribution in [2.45, 2.75) is 50.5 Å². The van der Waals surface area contributed by atoms with Crippen LogP contribution in [0.1, 0.15) is 44.9 Å². The van der Waals surface area contributed by atoms with Crippen LogP contribution >= 0.6 is 0 Å². The van der Waals surface area contributed by atoms with Crippen molar-refractivity contribution >= 4 is 0 Å². The molecule has 3 rings (SSSR count). The lowest BCUT2D eigenvalue weighted by Crippen LogP contribution is -2.61. The Morgan fingerprint density at radius 3 is 2.56 bits per heavy atom. The molecule has 16 heavy (non-hydrogen) atoms. The molecule has 2 saturated carbocycles. The van der Waals surface area contributed by atoms with Gasteiger partial charge in [-0.15, -0.1) is 0 Å². The highest BCUT2D eigenvalue weighted by Crippen LogP contribution is 2.50. The van der Waals surface area contributed by atoms with Gasteiger partial charge >= 0.3 is 0 Å². The van der Waals surface area contributed by atoms with Crippen LogP contribution in [0.4, 0.5) is 0 Å². The SMILES string of the molecule is NCC1(NN2CCCCC2)CC2CCC1C2. The van der Waals surface area contributed by atoms with Gasteiger partial charge in [-0.1, -0.05) is 12.8 Å². The Kier molecular flexibility index (Phi) is 2.94. The molecule has 3 unspecified atom stereocenters. The second-order valence-electron chi connectivity index (χ2n) is 6.10. The first kappa shape index (κ1) is 11.0. The Morgan fingerprint density at radius 2 is 2.00 bits per heavy atom. The summed E-state index contributed by atoms with van der Waals surface area (Å²) in [6.07, 6.45) is 9.71. The highest BCUT2D eigenvalue weighted by atomic mass is 15.5. The molecule has 3 fully saturated rings. The molecule has 3 N–H and O–H groups in total. The van der Waals surface area contributed by atoms with E-state index in [4.69, 9.17) is 5.73 Å². The molecule has 1 heterocycles. The Bertz CT molecular complexity index is 250. The Morgan fingerprint density at radius 1 is 1.19 bits per heavy atom. The van der Waals surface area contributed by atoms with E-state index < -0.39 is 0 Å². The van der Waals surface area contributed by atoms with E-state index in [-0.39, 0.29) is 5.54 Å². The minimum atomic E-state index is 0.264. The van der Waals surface area contributed by atoms with Crippen LogP contribution in [0.5, 0.6) is 0 Å². The molecule has 2 aliphatic carbocycles. The van der Waals surface area contributed by atoms with E-state index >= 15 is 0 Å². The molecule has 0 amide bonds. The van der Waals surface area contributed by atoms with E-state index in [2.05, 4.69) is 10.4 Å². The lowest BCUT2D eigenvalue weighted by atomic mass is 9.81. The van der Waals surface area contributed by atoms with Crippen LogP contribution in [0.25, 0.3) is 0 Å². The Balaban J connectivity index is 1.66. The molecule has 3 aliphatic rings. The molecular formula is C13H25N3. The lowest BCUT2D eigenvalue weighted by molar-refractivity contribution is 0.0520. The van der Waals surface area contributed by atoms with Gasteiger partial charge in [-0.3, -0.25) is 0 Å². The zero-order chi connectivity index (χ0) is 11.0.